The van der Waals surface area contributed by atoms with Crippen LogP contribution in [-0.4, -0.2) is 57.5 Å². The zero-order chi connectivity index (χ0) is 19.6. The molecule has 0 saturated carbocycles. The highest BCUT2D eigenvalue weighted by Gasteiger charge is 2.29. The number of aliphatic carboxylic acids is 1. The third-order valence-corrected chi connectivity index (χ3v) is 4.63. The van der Waals surface area contributed by atoms with Crippen LogP contribution in [-0.2, 0) is 9.53 Å². The second-order valence-corrected chi connectivity index (χ2v) is 6.68. The van der Waals surface area contributed by atoms with Gasteiger partial charge in [-0.1, -0.05) is 0 Å². The van der Waals surface area contributed by atoms with Crippen LogP contribution < -0.4 is 0 Å². The topological polar surface area (TPSA) is 84.7 Å². The molecule has 8 heteroatoms. The van der Waals surface area contributed by atoms with E-state index in [1.807, 2.05) is 19.9 Å². The van der Waals surface area contributed by atoms with Crippen LogP contribution in [0.2, 0.25) is 0 Å². The van der Waals surface area contributed by atoms with Crippen molar-refractivity contribution in [1.82, 2.24) is 14.7 Å². The summed E-state index contributed by atoms with van der Waals surface area (Å²) in [6.45, 7) is 4.15. The van der Waals surface area contributed by atoms with Crippen LogP contribution in [0.4, 0.5) is 4.39 Å². The first-order valence-corrected chi connectivity index (χ1v) is 8.80. The Balaban J connectivity index is 1.89. The van der Waals surface area contributed by atoms with Gasteiger partial charge in [0.2, 0.25) is 0 Å². The lowest BCUT2D eigenvalue weighted by atomic mass is 10.0. The second kappa shape index (κ2) is 7.87. The minimum atomic E-state index is -1.10. The van der Waals surface area contributed by atoms with Crippen molar-refractivity contribution in [3.05, 3.63) is 47.0 Å². The number of carboxylic acids is 1. The van der Waals surface area contributed by atoms with E-state index in [4.69, 9.17) is 4.74 Å². The van der Waals surface area contributed by atoms with E-state index in [2.05, 4.69) is 5.10 Å². The molecule has 1 N–H and O–H groups in total. The van der Waals surface area contributed by atoms with Gasteiger partial charge in [-0.3, -0.25) is 9.59 Å². The number of carbonyl (C=O) groups excluding carboxylic acids is 1. The molecule has 0 spiro atoms. The first kappa shape index (κ1) is 19.0. The maximum Gasteiger partial charge on any atom is 0.323 e. The van der Waals surface area contributed by atoms with Crippen molar-refractivity contribution in [2.75, 3.05) is 19.8 Å². The smallest absolute Gasteiger partial charge is 0.323 e. The molecule has 1 fully saturated rings. The van der Waals surface area contributed by atoms with E-state index in [-0.39, 0.29) is 17.3 Å². The fourth-order valence-electron chi connectivity index (χ4n) is 3.36. The maximum atomic E-state index is 14.7. The van der Waals surface area contributed by atoms with E-state index in [9.17, 15) is 19.1 Å². The van der Waals surface area contributed by atoms with E-state index < -0.39 is 24.2 Å². The standard InChI is InChI=1S/C19H22FN3O4/c1-12-9-13(2)23(21-12)17-4-3-14(10-16(17)20)19(26)22(11-18(24)25)15-5-7-27-8-6-15/h3-4,9-10,15H,5-8,11H2,1-2H3,(H,24,25). The molecule has 1 amide bonds. The summed E-state index contributed by atoms with van der Waals surface area (Å²) >= 11 is 0. The average Bonchev–Trinajstić information content (AvgIpc) is 2.97. The summed E-state index contributed by atoms with van der Waals surface area (Å²) in [7, 11) is 0. The van der Waals surface area contributed by atoms with Gasteiger partial charge >= 0.3 is 5.97 Å². The Kier molecular flexibility index (Phi) is 5.55. The number of hydrogen-bond acceptors (Lipinski definition) is 4. The van der Waals surface area contributed by atoms with Gasteiger partial charge in [0.15, 0.2) is 0 Å². The predicted molar refractivity (Wildman–Crippen MR) is 95.5 cm³/mol. The van der Waals surface area contributed by atoms with Crippen LogP contribution >= 0.6 is 0 Å². The summed E-state index contributed by atoms with van der Waals surface area (Å²) in [5, 5.41) is 13.4. The molecule has 1 aromatic heterocycles. The van der Waals surface area contributed by atoms with Crippen LogP contribution in [0.1, 0.15) is 34.6 Å². The molecule has 0 atom stereocenters. The lowest BCUT2D eigenvalue weighted by molar-refractivity contribution is -0.138. The molecule has 0 unspecified atom stereocenters. The Morgan fingerprint density at radius 3 is 2.56 bits per heavy atom. The van der Waals surface area contributed by atoms with Gasteiger partial charge in [-0.15, -0.1) is 0 Å². The molecular weight excluding hydrogens is 353 g/mol. The molecule has 1 aliphatic heterocycles. The number of ether oxygens (including phenoxy) is 1. The van der Waals surface area contributed by atoms with Crippen LogP contribution in [0.5, 0.6) is 0 Å². The van der Waals surface area contributed by atoms with Crippen LogP contribution in [0.25, 0.3) is 5.69 Å². The molecule has 3 rings (SSSR count). The Morgan fingerprint density at radius 2 is 2.00 bits per heavy atom. The molecule has 0 aliphatic carbocycles. The Bertz CT molecular complexity index is 859. The molecule has 0 bridgehead atoms. The predicted octanol–water partition coefficient (Wildman–Crippen LogP) is 2.33. The summed E-state index contributed by atoms with van der Waals surface area (Å²) in [5.74, 6) is -2.19. The third kappa shape index (κ3) is 4.16. The number of aryl methyl sites for hydroxylation is 2. The van der Waals surface area contributed by atoms with Gasteiger partial charge in [-0.2, -0.15) is 5.10 Å². The molecule has 1 aliphatic rings. The van der Waals surface area contributed by atoms with Gasteiger partial charge < -0.3 is 14.7 Å². The van der Waals surface area contributed by atoms with Crippen molar-refractivity contribution < 1.29 is 23.8 Å². The number of carbonyl (C=O) groups is 2. The van der Waals surface area contributed by atoms with Gasteiger partial charge in [0, 0.05) is 30.5 Å². The van der Waals surface area contributed by atoms with Crippen molar-refractivity contribution in [2.24, 2.45) is 0 Å². The van der Waals surface area contributed by atoms with Gasteiger partial charge in [-0.05, 0) is 51.0 Å². The lowest BCUT2D eigenvalue weighted by Crippen LogP contribution is -2.46. The van der Waals surface area contributed by atoms with Crippen molar-refractivity contribution in [1.29, 1.82) is 0 Å². The Labute approximate surface area is 156 Å². The summed E-state index contributed by atoms with van der Waals surface area (Å²) in [5.41, 5.74) is 1.90. The number of hydrogen-bond donors (Lipinski definition) is 1. The number of carboxylic acid groups (broad SMARTS) is 1. The van der Waals surface area contributed by atoms with Gasteiger partial charge in [-0.25, -0.2) is 9.07 Å². The first-order chi connectivity index (χ1) is 12.9. The largest absolute Gasteiger partial charge is 0.480 e. The van der Waals surface area contributed by atoms with E-state index in [0.29, 0.717) is 26.1 Å². The normalized spacial score (nSPS) is 14.9. The van der Waals surface area contributed by atoms with Gasteiger partial charge in [0.25, 0.3) is 5.91 Å². The Morgan fingerprint density at radius 1 is 1.30 bits per heavy atom. The highest BCUT2D eigenvalue weighted by Crippen LogP contribution is 2.21. The molecule has 0 radical (unpaired) electrons. The molecule has 2 heterocycles. The lowest BCUT2D eigenvalue weighted by Gasteiger charge is -2.33. The number of halogens is 1. The molecule has 1 saturated heterocycles. The summed E-state index contributed by atoms with van der Waals surface area (Å²) < 4.78 is 21.4. The summed E-state index contributed by atoms with van der Waals surface area (Å²) in [6, 6.07) is 5.73. The van der Waals surface area contributed by atoms with Crippen molar-refractivity contribution in [3.63, 3.8) is 0 Å². The number of rotatable bonds is 5. The number of benzene rings is 1. The van der Waals surface area contributed by atoms with Gasteiger partial charge in [0.1, 0.15) is 18.0 Å². The highest BCUT2D eigenvalue weighted by atomic mass is 19.1. The molecule has 144 valence electrons. The number of nitrogens with zero attached hydrogens (tertiary/aromatic N) is 3. The SMILES string of the molecule is Cc1cc(C)n(-c2ccc(C(=O)N(CC(=O)O)C3CCOCC3)cc2F)n1. The van der Waals surface area contributed by atoms with Gasteiger partial charge in [0.05, 0.1) is 5.69 Å². The minimum Gasteiger partial charge on any atom is -0.480 e. The maximum absolute atomic E-state index is 14.7. The fraction of sp³-hybridized carbons (Fsp3) is 0.421. The monoisotopic (exact) mass is 375 g/mol. The van der Waals surface area contributed by atoms with Crippen LogP contribution in [0.15, 0.2) is 24.3 Å². The zero-order valence-electron chi connectivity index (χ0n) is 15.3. The second-order valence-electron chi connectivity index (χ2n) is 6.68. The van der Waals surface area contributed by atoms with Crippen LogP contribution in [0.3, 0.4) is 0 Å². The van der Waals surface area contributed by atoms with E-state index >= 15 is 0 Å². The molecule has 27 heavy (non-hydrogen) atoms. The van der Waals surface area contributed by atoms with Crippen LogP contribution in [0, 0.1) is 19.7 Å². The van der Waals surface area contributed by atoms with Crippen molar-refractivity contribution in [3.8, 4) is 5.69 Å². The van der Waals surface area contributed by atoms with E-state index in [0.717, 1.165) is 17.5 Å². The van der Waals surface area contributed by atoms with E-state index in [1.165, 1.54) is 21.7 Å². The molecule has 2 aromatic rings. The van der Waals surface area contributed by atoms with Crippen molar-refractivity contribution >= 4 is 11.9 Å². The number of aromatic nitrogens is 2. The molecule has 7 nitrogen and oxygen atoms in total. The zero-order valence-corrected chi connectivity index (χ0v) is 15.3. The fourth-order valence-corrected chi connectivity index (χ4v) is 3.36. The third-order valence-electron chi connectivity index (χ3n) is 4.63. The summed E-state index contributed by atoms with van der Waals surface area (Å²) in [6.07, 6.45) is 1.12. The molecule has 1 aromatic carbocycles. The average molecular weight is 375 g/mol. The number of amides is 1. The Hall–Kier alpha value is -2.74. The summed E-state index contributed by atoms with van der Waals surface area (Å²) in [4.78, 5) is 25.4. The quantitative estimate of drug-likeness (QED) is 0.867. The van der Waals surface area contributed by atoms with E-state index in [1.54, 1.807) is 0 Å². The highest BCUT2D eigenvalue weighted by molar-refractivity contribution is 5.96. The minimum absolute atomic E-state index is 0.116. The molecular formula is C19H22FN3O4. The first-order valence-electron chi connectivity index (χ1n) is 8.80. The van der Waals surface area contributed by atoms with Crippen molar-refractivity contribution in [2.45, 2.75) is 32.7 Å².